The standard InChI is InChI=1S/C13H23NO5/c1-14(6-8-19-9-7-15)11(16)10-13(12(17)18)4-2-3-5-13/h15H,2-10H2,1H3,(H,17,18). The minimum Gasteiger partial charge on any atom is -0.481 e. The molecule has 0 heterocycles. The normalized spacial score (nSPS) is 17.4. The summed E-state index contributed by atoms with van der Waals surface area (Å²) in [5.74, 6) is -1.01. The van der Waals surface area contributed by atoms with Crippen LogP contribution >= 0.6 is 0 Å². The van der Waals surface area contributed by atoms with Gasteiger partial charge >= 0.3 is 5.97 Å². The summed E-state index contributed by atoms with van der Waals surface area (Å²) in [6.45, 7) is 0.971. The van der Waals surface area contributed by atoms with Crippen LogP contribution in [0.4, 0.5) is 0 Å². The Bertz CT molecular complexity index is 312. The largest absolute Gasteiger partial charge is 0.481 e. The molecule has 0 bridgehead atoms. The lowest BCUT2D eigenvalue weighted by Crippen LogP contribution is -2.38. The van der Waals surface area contributed by atoms with Crippen LogP contribution in [-0.2, 0) is 14.3 Å². The van der Waals surface area contributed by atoms with E-state index in [0.717, 1.165) is 12.8 Å². The van der Waals surface area contributed by atoms with Crippen molar-refractivity contribution in [1.29, 1.82) is 0 Å². The van der Waals surface area contributed by atoms with Gasteiger partial charge in [-0.3, -0.25) is 9.59 Å². The molecule has 0 atom stereocenters. The maximum atomic E-state index is 12.0. The SMILES string of the molecule is CN(CCOCCO)C(=O)CC1(C(=O)O)CCCC1. The van der Waals surface area contributed by atoms with E-state index in [9.17, 15) is 14.7 Å². The van der Waals surface area contributed by atoms with Crippen LogP contribution in [0.2, 0.25) is 0 Å². The third-order valence-corrected chi connectivity index (χ3v) is 3.74. The summed E-state index contributed by atoms with van der Waals surface area (Å²) in [4.78, 5) is 24.9. The minimum atomic E-state index is -0.864. The van der Waals surface area contributed by atoms with Crippen molar-refractivity contribution in [1.82, 2.24) is 4.90 Å². The van der Waals surface area contributed by atoms with Gasteiger partial charge in [0.1, 0.15) is 0 Å². The first-order valence-electron chi connectivity index (χ1n) is 6.68. The van der Waals surface area contributed by atoms with Crippen molar-refractivity contribution < 1.29 is 24.5 Å². The zero-order valence-corrected chi connectivity index (χ0v) is 11.4. The van der Waals surface area contributed by atoms with Crippen molar-refractivity contribution in [3.63, 3.8) is 0 Å². The van der Waals surface area contributed by atoms with E-state index in [1.54, 1.807) is 7.05 Å². The summed E-state index contributed by atoms with van der Waals surface area (Å²) in [6, 6.07) is 0. The van der Waals surface area contributed by atoms with Crippen LogP contribution in [0.15, 0.2) is 0 Å². The third kappa shape index (κ3) is 4.47. The molecular formula is C13H23NO5. The number of aliphatic carboxylic acids is 1. The van der Waals surface area contributed by atoms with Crippen molar-refractivity contribution in [3.8, 4) is 0 Å². The Hall–Kier alpha value is -1.14. The zero-order chi connectivity index (χ0) is 14.3. The summed E-state index contributed by atoms with van der Waals surface area (Å²) in [7, 11) is 1.65. The lowest BCUT2D eigenvalue weighted by atomic mass is 9.82. The number of likely N-dealkylation sites (N-methyl/N-ethyl adjacent to an activating group) is 1. The number of aliphatic hydroxyl groups excluding tert-OH is 1. The van der Waals surface area contributed by atoms with E-state index in [2.05, 4.69) is 0 Å². The fraction of sp³-hybridized carbons (Fsp3) is 0.846. The second-order valence-electron chi connectivity index (χ2n) is 5.12. The second kappa shape index (κ2) is 7.45. The molecule has 1 rings (SSSR count). The van der Waals surface area contributed by atoms with Gasteiger partial charge < -0.3 is 19.8 Å². The number of hydrogen-bond donors (Lipinski definition) is 2. The quantitative estimate of drug-likeness (QED) is 0.628. The number of carbonyl (C=O) groups is 2. The average molecular weight is 273 g/mol. The summed E-state index contributed by atoms with van der Waals surface area (Å²) in [6.07, 6.45) is 3.00. The predicted molar refractivity (Wildman–Crippen MR) is 68.7 cm³/mol. The van der Waals surface area contributed by atoms with E-state index < -0.39 is 11.4 Å². The molecule has 0 aliphatic heterocycles. The molecule has 0 aromatic heterocycles. The van der Waals surface area contributed by atoms with Gasteiger partial charge in [-0.1, -0.05) is 12.8 Å². The highest BCUT2D eigenvalue weighted by molar-refractivity contribution is 5.85. The fourth-order valence-electron chi connectivity index (χ4n) is 2.44. The summed E-state index contributed by atoms with van der Waals surface area (Å²) >= 11 is 0. The number of ether oxygens (including phenoxy) is 1. The lowest BCUT2D eigenvalue weighted by Gasteiger charge is -2.26. The van der Waals surface area contributed by atoms with Crippen molar-refractivity contribution in [3.05, 3.63) is 0 Å². The first-order chi connectivity index (χ1) is 9.02. The van der Waals surface area contributed by atoms with Crippen LogP contribution in [0, 0.1) is 5.41 Å². The number of rotatable bonds is 8. The zero-order valence-electron chi connectivity index (χ0n) is 11.4. The maximum absolute atomic E-state index is 12.0. The van der Waals surface area contributed by atoms with Gasteiger partial charge in [0.25, 0.3) is 0 Å². The van der Waals surface area contributed by atoms with Crippen LogP contribution in [-0.4, -0.2) is 60.4 Å². The molecule has 1 aliphatic carbocycles. The number of carbonyl (C=O) groups excluding carboxylic acids is 1. The molecule has 1 fully saturated rings. The van der Waals surface area contributed by atoms with E-state index in [-0.39, 0.29) is 25.5 Å². The maximum Gasteiger partial charge on any atom is 0.310 e. The predicted octanol–water partition coefficient (Wildman–Crippen LogP) is 0.489. The van der Waals surface area contributed by atoms with Crippen molar-refractivity contribution in [2.24, 2.45) is 5.41 Å². The van der Waals surface area contributed by atoms with Gasteiger partial charge in [0, 0.05) is 20.0 Å². The first kappa shape index (κ1) is 15.9. The number of nitrogens with zero attached hydrogens (tertiary/aromatic N) is 1. The Kier molecular flexibility index (Phi) is 6.24. The smallest absolute Gasteiger partial charge is 0.310 e. The molecule has 0 radical (unpaired) electrons. The Morgan fingerprint density at radius 2 is 1.89 bits per heavy atom. The average Bonchev–Trinajstić information content (AvgIpc) is 2.84. The fourth-order valence-corrected chi connectivity index (χ4v) is 2.44. The monoisotopic (exact) mass is 273 g/mol. The number of aliphatic hydroxyl groups is 1. The van der Waals surface area contributed by atoms with E-state index in [1.165, 1.54) is 4.90 Å². The number of carboxylic acids is 1. The molecule has 1 aliphatic rings. The Morgan fingerprint density at radius 3 is 2.42 bits per heavy atom. The molecule has 0 saturated heterocycles. The highest BCUT2D eigenvalue weighted by Crippen LogP contribution is 2.41. The number of carboxylic acid groups (broad SMARTS) is 1. The molecule has 19 heavy (non-hydrogen) atoms. The van der Waals surface area contributed by atoms with Gasteiger partial charge in [-0.05, 0) is 12.8 Å². The molecule has 110 valence electrons. The Morgan fingerprint density at radius 1 is 1.26 bits per heavy atom. The molecule has 6 nitrogen and oxygen atoms in total. The lowest BCUT2D eigenvalue weighted by molar-refractivity contribution is -0.153. The van der Waals surface area contributed by atoms with Gasteiger partial charge in [0.2, 0.25) is 5.91 Å². The van der Waals surface area contributed by atoms with Gasteiger partial charge in [-0.2, -0.15) is 0 Å². The van der Waals surface area contributed by atoms with Crippen LogP contribution in [0.1, 0.15) is 32.1 Å². The number of amides is 1. The Labute approximate surface area is 113 Å². The summed E-state index contributed by atoms with van der Waals surface area (Å²) < 4.78 is 5.09. The summed E-state index contributed by atoms with van der Waals surface area (Å²) in [5, 5.41) is 17.9. The second-order valence-corrected chi connectivity index (χ2v) is 5.12. The molecule has 2 N–H and O–H groups in total. The molecule has 1 saturated carbocycles. The van der Waals surface area contributed by atoms with Gasteiger partial charge in [0.05, 0.1) is 25.2 Å². The van der Waals surface area contributed by atoms with Crippen molar-refractivity contribution in [2.45, 2.75) is 32.1 Å². The van der Waals surface area contributed by atoms with E-state index in [4.69, 9.17) is 9.84 Å². The highest BCUT2D eigenvalue weighted by atomic mass is 16.5. The first-order valence-corrected chi connectivity index (χ1v) is 6.68. The van der Waals surface area contributed by atoms with E-state index in [0.29, 0.717) is 26.0 Å². The number of hydrogen-bond acceptors (Lipinski definition) is 4. The molecule has 1 amide bonds. The molecule has 0 unspecified atom stereocenters. The molecule has 0 spiro atoms. The van der Waals surface area contributed by atoms with Crippen molar-refractivity contribution in [2.75, 3.05) is 33.4 Å². The van der Waals surface area contributed by atoms with Gasteiger partial charge in [-0.25, -0.2) is 0 Å². The van der Waals surface area contributed by atoms with E-state index >= 15 is 0 Å². The van der Waals surface area contributed by atoms with E-state index in [1.807, 2.05) is 0 Å². The molecule has 6 heteroatoms. The van der Waals surface area contributed by atoms with Gasteiger partial charge in [0.15, 0.2) is 0 Å². The van der Waals surface area contributed by atoms with Crippen LogP contribution in [0.5, 0.6) is 0 Å². The van der Waals surface area contributed by atoms with Crippen LogP contribution < -0.4 is 0 Å². The van der Waals surface area contributed by atoms with Crippen molar-refractivity contribution >= 4 is 11.9 Å². The van der Waals surface area contributed by atoms with Crippen LogP contribution in [0.3, 0.4) is 0 Å². The molecule has 0 aromatic rings. The third-order valence-electron chi connectivity index (χ3n) is 3.74. The Balaban J connectivity index is 2.41. The highest BCUT2D eigenvalue weighted by Gasteiger charge is 2.43. The summed E-state index contributed by atoms with van der Waals surface area (Å²) in [5.41, 5.74) is -0.864. The van der Waals surface area contributed by atoms with Crippen LogP contribution in [0.25, 0.3) is 0 Å². The topological polar surface area (TPSA) is 87.1 Å². The minimum absolute atomic E-state index is 0.0419. The van der Waals surface area contributed by atoms with Gasteiger partial charge in [-0.15, -0.1) is 0 Å². The molecular weight excluding hydrogens is 250 g/mol. The molecule has 0 aromatic carbocycles.